The Morgan fingerprint density at radius 3 is 2.91 bits per heavy atom. The van der Waals surface area contributed by atoms with Gasteiger partial charge >= 0.3 is 0 Å². The fraction of sp³-hybridized carbons (Fsp3) is 0.429. The zero-order chi connectivity index (χ0) is 8.27. The first kappa shape index (κ1) is 8.27. The van der Waals surface area contributed by atoms with E-state index >= 15 is 0 Å². The molecule has 1 aromatic heterocycles. The van der Waals surface area contributed by atoms with E-state index in [2.05, 4.69) is 9.97 Å². The minimum Gasteiger partial charge on any atom is -0.461 e. The molecule has 0 unspecified atom stereocenters. The maximum Gasteiger partial charge on any atom is 0.220 e. The summed E-state index contributed by atoms with van der Waals surface area (Å²) >= 11 is 5.38. The van der Waals surface area contributed by atoms with Crippen LogP contribution < -0.4 is 4.74 Å². The van der Waals surface area contributed by atoms with E-state index in [1.54, 1.807) is 13.1 Å². The predicted octanol–water partition coefficient (Wildman–Crippen LogP) is 1.67. The lowest BCUT2D eigenvalue weighted by Crippen LogP contribution is -1.98. The maximum absolute atomic E-state index is 5.38. The van der Waals surface area contributed by atoms with E-state index in [1.165, 1.54) is 0 Å². The van der Waals surface area contributed by atoms with E-state index < -0.39 is 0 Å². The Kier molecular flexibility index (Phi) is 2.65. The number of ether oxygens (including phenoxy) is 1. The molecule has 0 saturated heterocycles. The largest absolute Gasteiger partial charge is 0.461 e. The summed E-state index contributed by atoms with van der Waals surface area (Å²) in [6.07, 6.45) is 1.71. The molecule has 0 amide bonds. The Bertz CT molecular complexity index is 252. The minimum atomic E-state index is 0.122. The lowest BCUT2D eigenvalue weighted by Gasteiger charge is -2.03. The smallest absolute Gasteiger partial charge is 0.220 e. The maximum atomic E-state index is 5.38. The molecule has 0 atom stereocenters. The standard InChI is InChI=1S/C7H9ClN2O/c1-5-3-9-6(2)10-7(5)11-4-8/h3H,4H2,1-2H3. The van der Waals surface area contributed by atoms with Crippen molar-refractivity contribution in [1.82, 2.24) is 9.97 Å². The summed E-state index contributed by atoms with van der Waals surface area (Å²) in [5, 5.41) is 0. The van der Waals surface area contributed by atoms with E-state index in [4.69, 9.17) is 16.3 Å². The Labute approximate surface area is 70.4 Å². The fourth-order valence-corrected chi connectivity index (χ4v) is 0.811. The van der Waals surface area contributed by atoms with Gasteiger partial charge in [-0.25, -0.2) is 4.98 Å². The van der Waals surface area contributed by atoms with Crippen LogP contribution in [0.3, 0.4) is 0 Å². The molecule has 4 heteroatoms. The lowest BCUT2D eigenvalue weighted by molar-refractivity contribution is 0.367. The summed E-state index contributed by atoms with van der Waals surface area (Å²) in [6.45, 7) is 3.68. The molecule has 11 heavy (non-hydrogen) atoms. The van der Waals surface area contributed by atoms with E-state index in [1.807, 2.05) is 6.92 Å². The van der Waals surface area contributed by atoms with Crippen LogP contribution in [-0.4, -0.2) is 16.0 Å². The van der Waals surface area contributed by atoms with E-state index in [9.17, 15) is 0 Å². The highest BCUT2D eigenvalue weighted by atomic mass is 35.5. The van der Waals surface area contributed by atoms with Crippen molar-refractivity contribution in [3.8, 4) is 5.88 Å². The van der Waals surface area contributed by atoms with Crippen LogP contribution in [0.1, 0.15) is 11.4 Å². The first-order chi connectivity index (χ1) is 5.24. The van der Waals surface area contributed by atoms with Gasteiger partial charge in [0.15, 0.2) is 6.07 Å². The second-order valence-electron chi connectivity index (χ2n) is 2.16. The second-order valence-corrected chi connectivity index (χ2v) is 2.38. The molecule has 0 N–H and O–H groups in total. The van der Waals surface area contributed by atoms with Crippen molar-refractivity contribution in [1.29, 1.82) is 0 Å². The number of aromatic nitrogens is 2. The fourth-order valence-electron chi connectivity index (χ4n) is 0.707. The zero-order valence-electron chi connectivity index (χ0n) is 6.47. The molecule has 60 valence electrons. The van der Waals surface area contributed by atoms with Gasteiger partial charge in [-0.2, -0.15) is 4.98 Å². The number of rotatable bonds is 2. The highest BCUT2D eigenvalue weighted by Gasteiger charge is 2.00. The van der Waals surface area contributed by atoms with Gasteiger partial charge in [0.1, 0.15) is 5.82 Å². The Balaban J connectivity index is 2.93. The number of halogens is 1. The molecule has 1 heterocycles. The molecule has 0 radical (unpaired) electrons. The number of hydrogen-bond acceptors (Lipinski definition) is 3. The topological polar surface area (TPSA) is 35.0 Å². The summed E-state index contributed by atoms with van der Waals surface area (Å²) in [6, 6.07) is 0.122. The van der Waals surface area contributed by atoms with E-state index in [-0.39, 0.29) is 6.07 Å². The molecule has 3 nitrogen and oxygen atoms in total. The van der Waals surface area contributed by atoms with Crippen molar-refractivity contribution < 1.29 is 4.74 Å². The van der Waals surface area contributed by atoms with Gasteiger partial charge in [0, 0.05) is 11.8 Å². The van der Waals surface area contributed by atoms with Crippen LogP contribution in [0.2, 0.25) is 0 Å². The van der Waals surface area contributed by atoms with E-state index in [0.29, 0.717) is 11.7 Å². The van der Waals surface area contributed by atoms with Gasteiger partial charge in [0.25, 0.3) is 0 Å². The van der Waals surface area contributed by atoms with Crippen molar-refractivity contribution in [2.24, 2.45) is 0 Å². The number of hydrogen-bond donors (Lipinski definition) is 0. The first-order valence-corrected chi connectivity index (χ1v) is 3.76. The Morgan fingerprint density at radius 1 is 1.55 bits per heavy atom. The van der Waals surface area contributed by atoms with Gasteiger partial charge in [-0.3, -0.25) is 0 Å². The van der Waals surface area contributed by atoms with Gasteiger partial charge in [-0.15, -0.1) is 0 Å². The normalized spacial score (nSPS) is 9.73. The molecular formula is C7H9ClN2O. The number of alkyl halides is 1. The van der Waals surface area contributed by atoms with Crippen LogP contribution >= 0.6 is 11.6 Å². The molecule has 0 aliphatic carbocycles. The molecular weight excluding hydrogens is 164 g/mol. The van der Waals surface area contributed by atoms with Crippen LogP contribution in [-0.2, 0) is 0 Å². The molecule has 0 aromatic carbocycles. The van der Waals surface area contributed by atoms with Crippen molar-refractivity contribution in [3.63, 3.8) is 0 Å². The van der Waals surface area contributed by atoms with Gasteiger partial charge in [-0.05, 0) is 13.8 Å². The van der Waals surface area contributed by atoms with Crippen molar-refractivity contribution in [2.45, 2.75) is 13.8 Å². The van der Waals surface area contributed by atoms with Crippen molar-refractivity contribution >= 4 is 11.6 Å². The third-order valence-electron chi connectivity index (χ3n) is 1.24. The highest BCUT2D eigenvalue weighted by molar-refractivity contribution is 6.17. The SMILES string of the molecule is Cc1ncc(C)c(OCCl)n1. The summed E-state index contributed by atoms with van der Waals surface area (Å²) < 4.78 is 5.03. The molecule has 1 rings (SSSR count). The van der Waals surface area contributed by atoms with Crippen molar-refractivity contribution in [3.05, 3.63) is 17.6 Å². The summed E-state index contributed by atoms with van der Waals surface area (Å²) in [5.41, 5.74) is 0.899. The molecule has 0 spiro atoms. The highest BCUT2D eigenvalue weighted by Crippen LogP contribution is 2.12. The lowest BCUT2D eigenvalue weighted by atomic mass is 10.4. The minimum absolute atomic E-state index is 0.122. The van der Waals surface area contributed by atoms with E-state index in [0.717, 1.165) is 5.56 Å². The van der Waals surface area contributed by atoms with Gasteiger partial charge < -0.3 is 4.74 Å². The molecule has 0 aliphatic heterocycles. The van der Waals surface area contributed by atoms with Gasteiger partial charge in [-0.1, -0.05) is 11.6 Å². The van der Waals surface area contributed by atoms with Crippen LogP contribution in [0.25, 0.3) is 0 Å². The summed E-state index contributed by atoms with van der Waals surface area (Å²) in [7, 11) is 0. The van der Waals surface area contributed by atoms with Crippen LogP contribution in [0, 0.1) is 13.8 Å². The summed E-state index contributed by atoms with van der Waals surface area (Å²) in [4.78, 5) is 8.03. The van der Waals surface area contributed by atoms with Gasteiger partial charge in [0.2, 0.25) is 5.88 Å². The molecule has 1 aromatic rings. The number of aryl methyl sites for hydroxylation is 2. The average Bonchev–Trinajstić information content (AvgIpc) is 1.98. The Hall–Kier alpha value is -0.830. The van der Waals surface area contributed by atoms with Crippen molar-refractivity contribution in [2.75, 3.05) is 6.07 Å². The third-order valence-corrected chi connectivity index (χ3v) is 1.35. The molecule has 0 fully saturated rings. The second kappa shape index (κ2) is 3.53. The Morgan fingerprint density at radius 2 is 2.27 bits per heavy atom. The van der Waals surface area contributed by atoms with Gasteiger partial charge in [0.05, 0.1) is 0 Å². The molecule has 0 bridgehead atoms. The molecule has 0 saturated carbocycles. The predicted molar refractivity (Wildman–Crippen MR) is 42.9 cm³/mol. The molecule has 0 aliphatic rings. The summed E-state index contributed by atoms with van der Waals surface area (Å²) in [5.74, 6) is 1.25. The zero-order valence-corrected chi connectivity index (χ0v) is 7.22. The first-order valence-electron chi connectivity index (χ1n) is 3.23. The quantitative estimate of drug-likeness (QED) is 0.637. The monoisotopic (exact) mass is 172 g/mol. The van der Waals surface area contributed by atoms with Crippen LogP contribution in [0.5, 0.6) is 5.88 Å². The average molecular weight is 173 g/mol. The van der Waals surface area contributed by atoms with Crippen LogP contribution in [0.4, 0.5) is 0 Å². The third kappa shape index (κ3) is 2.05. The van der Waals surface area contributed by atoms with Crippen LogP contribution in [0.15, 0.2) is 6.20 Å². The number of nitrogens with zero attached hydrogens (tertiary/aromatic N) is 2.